The van der Waals surface area contributed by atoms with Crippen LogP contribution in [0.4, 0.5) is 0 Å². The van der Waals surface area contributed by atoms with E-state index in [0.717, 1.165) is 6.42 Å². The van der Waals surface area contributed by atoms with Gasteiger partial charge in [-0.05, 0) is 63.8 Å². The van der Waals surface area contributed by atoms with Crippen LogP contribution in [0.1, 0.15) is 91.7 Å². The number of carboxylic acids is 1. The number of aromatic nitrogens is 2. The molecule has 1 aromatic heterocycles. The Morgan fingerprint density at radius 1 is 0.738 bits per heavy atom. The van der Waals surface area contributed by atoms with E-state index in [2.05, 4.69) is 41.9 Å². The number of H-pyrrole nitrogens is 1. The van der Waals surface area contributed by atoms with Gasteiger partial charge in [0.1, 0.15) is 42.3 Å². The fourth-order valence-electron chi connectivity index (χ4n) is 7.94. The molecule has 3 aliphatic rings. The smallest absolute Gasteiger partial charge is 0.326 e. The highest BCUT2D eigenvalue weighted by molar-refractivity contribution is 5.98. The molecule has 0 aliphatic carbocycles. The van der Waals surface area contributed by atoms with Crippen molar-refractivity contribution in [2.24, 2.45) is 11.8 Å². The third kappa shape index (κ3) is 12.5. The monoisotopic (exact) mass is 860 g/mol. The summed E-state index contributed by atoms with van der Waals surface area (Å²) in [5, 5.41) is 46.8. The van der Waals surface area contributed by atoms with Gasteiger partial charge in [0.25, 0.3) is 0 Å². The number of carbonyl (C=O) groups excluding carboxylic acids is 7. The Hall–Kier alpha value is -5.15. The molecule has 0 radical (unpaired) electrons. The number of amides is 7. The third-order valence-corrected chi connectivity index (χ3v) is 12.1. The molecule has 4 heterocycles. The Bertz CT molecular complexity index is 1710. The van der Waals surface area contributed by atoms with Crippen molar-refractivity contribution in [2.45, 2.75) is 147 Å². The highest BCUT2D eigenvalue weighted by Gasteiger charge is 2.44. The van der Waals surface area contributed by atoms with Crippen LogP contribution in [0.2, 0.25) is 0 Å². The Kier molecular flexibility index (Phi) is 18.0. The van der Waals surface area contributed by atoms with Gasteiger partial charge in [-0.3, -0.25) is 33.6 Å². The lowest BCUT2D eigenvalue weighted by Crippen LogP contribution is -2.62. The summed E-state index contributed by atoms with van der Waals surface area (Å²) >= 11 is 0. The van der Waals surface area contributed by atoms with Gasteiger partial charge in [0.15, 0.2) is 0 Å². The first-order valence-electron chi connectivity index (χ1n) is 21.4. The first-order valence-corrected chi connectivity index (χ1v) is 21.4. The molecule has 21 heteroatoms. The molecule has 3 aliphatic heterocycles. The minimum atomic E-state index is -1.52. The Morgan fingerprint density at radius 2 is 1.30 bits per heavy atom. The molecule has 4 rings (SSSR count). The van der Waals surface area contributed by atoms with Gasteiger partial charge >= 0.3 is 5.97 Å². The van der Waals surface area contributed by atoms with Crippen LogP contribution in [-0.2, 0) is 44.8 Å². The minimum Gasteiger partial charge on any atom is -0.480 e. The van der Waals surface area contributed by atoms with Gasteiger partial charge in [-0.2, -0.15) is 0 Å². The maximum absolute atomic E-state index is 14.3. The van der Waals surface area contributed by atoms with Crippen molar-refractivity contribution in [2.75, 3.05) is 26.2 Å². The Labute approximate surface area is 355 Å². The number of nitrogens with one attached hydrogen (secondary N) is 7. The number of aromatic amines is 1. The molecule has 1 aromatic rings. The summed E-state index contributed by atoms with van der Waals surface area (Å²) in [7, 11) is 0. The summed E-state index contributed by atoms with van der Waals surface area (Å²) in [6.45, 7) is 8.40. The molecule has 340 valence electrons. The number of hydrogen-bond donors (Lipinski definition) is 10. The van der Waals surface area contributed by atoms with Gasteiger partial charge in [0.2, 0.25) is 41.4 Å². The van der Waals surface area contributed by atoms with Crippen molar-refractivity contribution in [3.8, 4) is 0 Å². The van der Waals surface area contributed by atoms with Crippen LogP contribution in [0.5, 0.6) is 0 Å². The quantitative estimate of drug-likeness (QED) is 0.0621. The van der Waals surface area contributed by atoms with Crippen LogP contribution in [0, 0.1) is 11.8 Å². The largest absolute Gasteiger partial charge is 0.480 e. The number of carbonyl (C=O) groups is 8. The summed E-state index contributed by atoms with van der Waals surface area (Å²) in [5.41, 5.74) is 0.538. The normalized spacial score (nSPS) is 22.8. The van der Waals surface area contributed by atoms with Crippen molar-refractivity contribution >= 4 is 47.3 Å². The maximum Gasteiger partial charge on any atom is 0.326 e. The summed E-state index contributed by atoms with van der Waals surface area (Å²) in [6.07, 6.45) is 5.08. The number of aliphatic hydroxyl groups excluding tert-OH is 2. The molecule has 21 nitrogen and oxygen atoms in total. The van der Waals surface area contributed by atoms with Gasteiger partial charge < -0.3 is 62.0 Å². The molecule has 10 N–H and O–H groups in total. The SMILES string of the molecule is CC[C@H](C)[C@H](NC(=O)[C@@H]1CCCN1C(=O)[C@@H](NC(=O)[C@@H]1CCCN1C(=O)[C@@H](NC(=O)[C@H](CO)NC(=O)[C@H](Cc1cnc[nH]1)NC(=O)[C@@H]1CCCN1)[C@@H](C)CC)[C@@H](C)O)C(=O)O. The zero-order chi connectivity index (χ0) is 45.0. The average Bonchev–Trinajstić information content (AvgIpc) is 4.09. The zero-order valence-corrected chi connectivity index (χ0v) is 35.6. The first kappa shape index (κ1) is 48.5. The van der Waals surface area contributed by atoms with Crippen LogP contribution in [0.3, 0.4) is 0 Å². The number of nitrogens with zero attached hydrogens (tertiary/aromatic N) is 3. The molecule has 0 aromatic carbocycles. The molecule has 3 saturated heterocycles. The lowest BCUT2D eigenvalue weighted by atomic mass is 9.96. The van der Waals surface area contributed by atoms with E-state index in [4.69, 9.17) is 0 Å². The summed E-state index contributed by atoms with van der Waals surface area (Å²) in [4.78, 5) is 117. The average molecular weight is 861 g/mol. The predicted molar refractivity (Wildman–Crippen MR) is 218 cm³/mol. The fourth-order valence-corrected chi connectivity index (χ4v) is 7.94. The highest BCUT2D eigenvalue weighted by atomic mass is 16.4. The van der Waals surface area contributed by atoms with E-state index in [0.29, 0.717) is 44.3 Å². The number of likely N-dealkylation sites (tertiary alicyclic amines) is 2. The van der Waals surface area contributed by atoms with Gasteiger partial charge in [0, 0.05) is 31.4 Å². The lowest BCUT2D eigenvalue weighted by Gasteiger charge is -2.34. The number of carboxylic acid groups (broad SMARTS) is 1. The van der Waals surface area contributed by atoms with Crippen LogP contribution >= 0.6 is 0 Å². The van der Waals surface area contributed by atoms with E-state index in [9.17, 15) is 53.7 Å². The second-order valence-corrected chi connectivity index (χ2v) is 16.4. The molecular weight excluding hydrogens is 796 g/mol. The predicted octanol–water partition coefficient (Wildman–Crippen LogP) is -2.34. The Balaban J connectivity index is 1.44. The van der Waals surface area contributed by atoms with Crippen molar-refractivity contribution in [3.05, 3.63) is 18.2 Å². The van der Waals surface area contributed by atoms with E-state index >= 15 is 0 Å². The molecule has 0 bridgehead atoms. The second kappa shape index (κ2) is 22.6. The van der Waals surface area contributed by atoms with Gasteiger partial charge in [-0.15, -0.1) is 0 Å². The topological polar surface area (TPSA) is 305 Å². The molecule has 0 saturated carbocycles. The molecule has 3 fully saturated rings. The van der Waals surface area contributed by atoms with Crippen LogP contribution in [0.15, 0.2) is 12.5 Å². The van der Waals surface area contributed by atoms with Gasteiger partial charge in [-0.25, -0.2) is 9.78 Å². The number of imidazole rings is 1. The standard InChI is InChI=1S/C40H64N10O11/c1-6-21(3)30(46-35(55)27(19-51)45-34(54)26(17-24-18-41-20-43-24)44-33(53)25-11-8-14-42-25)38(58)49-15-9-13-29(49)37(57)48-32(23(5)52)39(59)50-16-10-12-28(50)36(56)47-31(40(60)61)22(4)7-2/h18,20-23,25-32,42,51-52H,6-17,19H2,1-5H3,(H,41,43)(H,44,53)(H,45,54)(H,46,55)(H,47,56)(H,48,57)(H,60,61)/t21-,22-,23+,25-,26-,27-,28-,29-,30-,31-,32-/m0/s1. The minimum absolute atomic E-state index is 0.0114. The number of aliphatic hydroxyl groups is 2. The van der Waals surface area contributed by atoms with Crippen molar-refractivity contribution in [1.82, 2.24) is 51.7 Å². The lowest BCUT2D eigenvalue weighted by molar-refractivity contribution is -0.148. The number of aliphatic carboxylic acids is 1. The maximum atomic E-state index is 14.3. The summed E-state index contributed by atoms with van der Waals surface area (Å²) in [6, 6.07) is -9.14. The summed E-state index contributed by atoms with van der Waals surface area (Å²) in [5.74, 6) is -6.82. The molecule has 0 spiro atoms. The van der Waals surface area contributed by atoms with Crippen LogP contribution in [-0.4, -0.2) is 163 Å². The zero-order valence-electron chi connectivity index (χ0n) is 35.6. The summed E-state index contributed by atoms with van der Waals surface area (Å²) < 4.78 is 0. The van der Waals surface area contributed by atoms with Crippen molar-refractivity contribution < 1.29 is 53.7 Å². The van der Waals surface area contributed by atoms with Crippen molar-refractivity contribution in [3.63, 3.8) is 0 Å². The van der Waals surface area contributed by atoms with E-state index in [1.165, 1.54) is 29.2 Å². The molecule has 61 heavy (non-hydrogen) atoms. The molecule has 0 unspecified atom stereocenters. The third-order valence-electron chi connectivity index (χ3n) is 12.1. The molecule has 11 atom stereocenters. The first-order chi connectivity index (χ1) is 29.0. The number of rotatable bonds is 21. The van der Waals surface area contributed by atoms with Crippen LogP contribution < -0.4 is 31.9 Å². The highest BCUT2D eigenvalue weighted by Crippen LogP contribution is 2.24. The number of hydrogen-bond acceptors (Lipinski definition) is 12. The van der Waals surface area contributed by atoms with E-state index in [1.807, 2.05) is 0 Å². The van der Waals surface area contributed by atoms with Gasteiger partial charge in [-0.1, -0.05) is 40.5 Å². The fraction of sp³-hybridized carbons (Fsp3) is 0.725. The second-order valence-electron chi connectivity index (χ2n) is 16.4. The van der Waals surface area contributed by atoms with Crippen molar-refractivity contribution in [1.29, 1.82) is 0 Å². The van der Waals surface area contributed by atoms with E-state index < -0.39 is 114 Å². The van der Waals surface area contributed by atoms with Crippen LogP contribution in [0.25, 0.3) is 0 Å². The molecule has 7 amide bonds. The van der Waals surface area contributed by atoms with Gasteiger partial charge in [0.05, 0.1) is 25.1 Å². The Morgan fingerprint density at radius 3 is 1.79 bits per heavy atom. The van der Waals surface area contributed by atoms with E-state index in [1.54, 1.807) is 27.7 Å². The molecular formula is C40H64N10O11. The van der Waals surface area contributed by atoms with E-state index in [-0.39, 0.29) is 38.3 Å².